The van der Waals surface area contributed by atoms with Crippen molar-refractivity contribution < 1.29 is 5.11 Å². The normalized spacial score (nSPS) is 17.0. The van der Waals surface area contributed by atoms with Crippen molar-refractivity contribution in [2.24, 2.45) is 0 Å². The van der Waals surface area contributed by atoms with Gasteiger partial charge in [-0.25, -0.2) is 4.98 Å². The summed E-state index contributed by atoms with van der Waals surface area (Å²) in [4.78, 5) is 11.9. The first-order chi connectivity index (χ1) is 12.4. The van der Waals surface area contributed by atoms with Crippen LogP contribution in [-0.2, 0) is 0 Å². The predicted octanol–water partition coefficient (Wildman–Crippen LogP) is 3.77. The summed E-state index contributed by atoms with van der Waals surface area (Å²) in [5, 5.41) is 9.63. The van der Waals surface area contributed by atoms with E-state index in [0.29, 0.717) is 0 Å². The van der Waals surface area contributed by atoms with Gasteiger partial charge in [0.2, 0.25) is 0 Å². The van der Waals surface area contributed by atoms with E-state index in [-0.39, 0.29) is 12.6 Å². The molecule has 25 heavy (non-hydrogen) atoms. The second-order valence-electron chi connectivity index (χ2n) is 6.33. The Balaban J connectivity index is 1.83. The smallest absolute Gasteiger partial charge is 0.148 e. The second-order valence-corrected chi connectivity index (χ2v) is 6.33. The topological polar surface area (TPSA) is 49.2 Å². The Morgan fingerprint density at radius 3 is 2.20 bits per heavy atom. The number of nitrogens with zero attached hydrogens (tertiary/aromatic N) is 3. The van der Waals surface area contributed by atoms with E-state index >= 15 is 0 Å². The van der Waals surface area contributed by atoms with E-state index in [0.717, 1.165) is 47.7 Å². The van der Waals surface area contributed by atoms with Crippen molar-refractivity contribution in [2.45, 2.75) is 18.9 Å². The van der Waals surface area contributed by atoms with Gasteiger partial charge < -0.3 is 10.0 Å². The van der Waals surface area contributed by atoms with Crippen LogP contribution in [0.1, 0.15) is 12.8 Å². The molecule has 1 unspecified atom stereocenters. The van der Waals surface area contributed by atoms with Crippen LogP contribution >= 0.6 is 0 Å². The molecule has 2 aromatic carbocycles. The molecule has 4 rings (SSSR count). The maximum Gasteiger partial charge on any atom is 0.148 e. The van der Waals surface area contributed by atoms with Crippen LogP contribution in [0.4, 0.5) is 5.82 Å². The monoisotopic (exact) mass is 331 g/mol. The highest BCUT2D eigenvalue weighted by molar-refractivity contribution is 5.78. The number of aliphatic hydroxyl groups excluding tert-OH is 1. The third-order valence-electron chi connectivity index (χ3n) is 4.74. The molecule has 4 nitrogen and oxygen atoms in total. The van der Waals surface area contributed by atoms with Crippen molar-refractivity contribution in [1.29, 1.82) is 0 Å². The Kier molecular flexibility index (Phi) is 4.44. The van der Waals surface area contributed by atoms with Crippen LogP contribution in [0.2, 0.25) is 0 Å². The zero-order chi connectivity index (χ0) is 17.1. The Labute approximate surface area is 147 Å². The average molecular weight is 331 g/mol. The van der Waals surface area contributed by atoms with Gasteiger partial charge in [-0.05, 0) is 12.8 Å². The molecule has 1 saturated heterocycles. The summed E-state index contributed by atoms with van der Waals surface area (Å²) >= 11 is 0. The molecule has 3 aromatic rings. The molecular formula is C21H21N3O. The Hall–Kier alpha value is -2.72. The third kappa shape index (κ3) is 3.13. The summed E-state index contributed by atoms with van der Waals surface area (Å²) < 4.78 is 0. The summed E-state index contributed by atoms with van der Waals surface area (Å²) in [7, 11) is 0. The predicted molar refractivity (Wildman–Crippen MR) is 100 cm³/mol. The Bertz CT molecular complexity index is 836. The molecule has 1 aromatic heterocycles. The highest BCUT2D eigenvalue weighted by Gasteiger charge is 2.26. The number of benzene rings is 2. The minimum absolute atomic E-state index is 0.139. The quantitative estimate of drug-likeness (QED) is 0.790. The molecule has 0 radical (unpaired) electrons. The fourth-order valence-corrected chi connectivity index (χ4v) is 3.45. The summed E-state index contributed by atoms with van der Waals surface area (Å²) in [6, 6.07) is 20.5. The van der Waals surface area contributed by atoms with Crippen molar-refractivity contribution >= 4 is 5.82 Å². The van der Waals surface area contributed by atoms with Crippen molar-refractivity contribution in [3.63, 3.8) is 0 Å². The third-order valence-corrected chi connectivity index (χ3v) is 4.74. The van der Waals surface area contributed by atoms with E-state index in [1.807, 2.05) is 42.6 Å². The average Bonchev–Trinajstić information content (AvgIpc) is 3.18. The summed E-state index contributed by atoms with van der Waals surface area (Å²) in [6.45, 7) is 1.07. The van der Waals surface area contributed by atoms with Crippen LogP contribution in [0.5, 0.6) is 0 Å². The molecule has 1 aliphatic rings. The Morgan fingerprint density at radius 2 is 1.56 bits per heavy atom. The standard InChI is InChI=1S/C21H21N3O/c25-15-18-12-7-13-24(18)19-14-22-20(16-8-3-1-4-9-16)21(23-19)17-10-5-2-6-11-17/h1-6,8-11,14,18,25H,7,12-13,15H2. The number of aliphatic hydroxyl groups is 1. The van der Waals surface area contributed by atoms with Crippen molar-refractivity contribution in [3.05, 3.63) is 66.9 Å². The summed E-state index contributed by atoms with van der Waals surface area (Å²) in [5.74, 6) is 0.843. The van der Waals surface area contributed by atoms with Gasteiger partial charge in [0, 0.05) is 17.7 Å². The number of hydrogen-bond donors (Lipinski definition) is 1. The van der Waals surface area contributed by atoms with Gasteiger partial charge in [0.05, 0.1) is 30.2 Å². The SMILES string of the molecule is OCC1CCCN1c1cnc(-c2ccccc2)c(-c2ccccc2)n1. The van der Waals surface area contributed by atoms with E-state index in [1.54, 1.807) is 0 Å². The molecule has 1 aliphatic heterocycles. The van der Waals surface area contributed by atoms with E-state index in [2.05, 4.69) is 29.2 Å². The lowest BCUT2D eigenvalue weighted by Gasteiger charge is -2.24. The molecule has 1 atom stereocenters. The van der Waals surface area contributed by atoms with Gasteiger partial charge in [0.1, 0.15) is 5.82 Å². The first kappa shape index (κ1) is 15.8. The van der Waals surface area contributed by atoms with Gasteiger partial charge in [-0.2, -0.15) is 0 Å². The zero-order valence-electron chi connectivity index (χ0n) is 14.0. The Morgan fingerprint density at radius 1 is 0.920 bits per heavy atom. The molecule has 0 aliphatic carbocycles. The van der Waals surface area contributed by atoms with E-state index in [4.69, 9.17) is 9.97 Å². The fourth-order valence-electron chi connectivity index (χ4n) is 3.45. The molecule has 4 heteroatoms. The maximum absolute atomic E-state index is 9.63. The van der Waals surface area contributed by atoms with Crippen LogP contribution in [0.3, 0.4) is 0 Å². The first-order valence-corrected chi connectivity index (χ1v) is 8.72. The minimum Gasteiger partial charge on any atom is -0.394 e. The molecule has 1 fully saturated rings. The fraction of sp³-hybridized carbons (Fsp3) is 0.238. The molecule has 0 spiro atoms. The van der Waals surface area contributed by atoms with Crippen LogP contribution < -0.4 is 4.90 Å². The lowest BCUT2D eigenvalue weighted by Crippen LogP contribution is -2.32. The van der Waals surface area contributed by atoms with Crippen molar-refractivity contribution in [3.8, 4) is 22.5 Å². The molecule has 126 valence electrons. The van der Waals surface area contributed by atoms with Crippen molar-refractivity contribution in [2.75, 3.05) is 18.1 Å². The zero-order valence-corrected chi connectivity index (χ0v) is 14.0. The highest BCUT2D eigenvalue weighted by atomic mass is 16.3. The molecule has 0 amide bonds. The van der Waals surface area contributed by atoms with Gasteiger partial charge in [-0.3, -0.25) is 4.98 Å². The van der Waals surface area contributed by atoms with E-state index < -0.39 is 0 Å². The van der Waals surface area contributed by atoms with E-state index in [9.17, 15) is 5.11 Å². The van der Waals surface area contributed by atoms with Gasteiger partial charge in [0.25, 0.3) is 0 Å². The minimum atomic E-state index is 0.139. The van der Waals surface area contributed by atoms with Crippen LogP contribution in [0.25, 0.3) is 22.5 Å². The first-order valence-electron chi connectivity index (χ1n) is 8.72. The van der Waals surface area contributed by atoms with Gasteiger partial charge in [-0.1, -0.05) is 60.7 Å². The van der Waals surface area contributed by atoms with Crippen LogP contribution in [-0.4, -0.2) is 34.3 Å². The lowest BCUT2D eigenvalue weighted by atomic mass is 10.0. The number of anilines is 1. The molecule has 2 heterocycles. The highest BCUT2D eigenvalue weighted by Crippen LogP contribution is 2.32. The summed E-state index contributed by atoms with van der Waals surface area (Å²) in [5.41, 5.74) is 3.87. The molecule has 1 N–H and O–H groups in total. The van der Waals surface area contributed by atoms with Crippen LogP contribution in [0, 0.1) is 0 Å². The maximum atomic E-state index is 9.63. The number of hydrogen-bond acceptors (Lipinski definition) is 4. The van der Waals surface area contributed by atoms with Gasteiger partial charge in [0.15, 0.2) is 0 Å². The number of rotatable bonds is 4. The van der Waals surface area contributed by atoms with Gasteiger partial charge >= 0.3 is 0 Å². The van der Waals surface area contributed by atoms with Gasteiger partial charge in [-0.15, -0.1) is 0 Å². The lowest BCUT2D eigenvalue weighted by molar-refractivity contribution is 0.266. The molecule has 0 saturated carbocycles. The second kappa shape index (κ2) is 7.03. The summed E-state index contributed by atoms with van der Waals surface area (Å²) in [6.07, 6.45) is 3.91. The molecular weight excluding hydrogens is 310 g/mol. The van der Waals surface area contributed by atoms with Crippen LogP contribution in [0.15, 0.2) is 66.9 Å². The molecule has 0 bridgehead atoms. The number of aromatic nitrogens is 2. The largest absolute Gasteiger partial charge is 0.394 e. The van der Waals surface area contributed by atoms with E-state index in [1.165, 1.54) is 0 Å². The van der Waals surface area contributed by atoms with Crippen molar-refractivity contribution in [1.82, 2.24) is 9.97 Å².